The van der Waals surface area contributed by atoms with Gasteiger partial charge in [-0.25, -0.2) is 4.79 Å². The van der Waals surface area contributed by atoms with Gasteiger partial charge in [-0.2, -0.15) is 0 Å². The maximum absolute atomic E-state index is 12.1. The topological polar surface area (TPSA) is 68.3 Å². The van der Waals surface area contributed by atoms with Crippen molar-refractivity contribution in [3.63, 3.8) is 0 Å². The van der Waals surface area contributed by atoms with Gasteiger partial charge in [0.25, 0.3) is 5.91 Å². The largest absolute Gasteiger partial charge is 0.467 e. The molecule has 0 saturated carbocycles. The highest BCUT2D eigenvalue weighted by Crippen LogP contribution is 2.20. The van der Waals surface area contributed by atoms with Crippen LogP contribution in [0.25, 0.3) is 0 Å². The Labute approximate surface area is 113 Å². The fourth-order valence-corrected chi connectivity index (χ4v) is 1.56. The summed E-state index contributed by atoms with van der Waals surface area (Å²) < 4.78 is 4.73. The first-order valence-electron chi connectivity index (χ1n) is 6.07. The number of methoxy groups -OCH3 is 1. The van der Waals surface area contributed by atoms with E-state index in [9.17, 15) is 9.59 Å². The van der Waals surface area contributed by atoms with Crippen LogP contribution in [0.5, 0.6) is 0 Å². The normalized spacial score (nSPS) is 12.7. The molecule has 0 saturated heterocycles. The number of aryl methyl sites for hydroxylation is 1. The summed E-state index contributed by atoms with van der Waals surface area (Å²) in [6.07, 6.45) is 1.49. The highest BCUT2D eigenvalue weighted by molar-refractivity contribution is 5.96. The van der Waals surface area contributed by atoms with Crippen LogP contribution in [-0.4, -0.2) is 30.0 Å². The zero-order valence-corrected chi connectivity index (χ0v) is 12.0. The van der Waals surface area contributed by atoms with Crippen LogP contribution in [0, 0.1) is 12.3 Å². The molecule has 0 aliphatic heterocycles. The molecule has 19 heavy (non-hydrogen) atoms. The molecule has 0 spiro atoms. The molecule has 0 aliphatic carbocycles. The van der Waals surface area contributed by atoms with Gasteiger partial charge in [0.2, 0.25) is 0 Å². The SMILES string of the molecule is COC(=O)[C@@H](NC(=O)c1ccc(C)nc1)C(C)(C)C. The van der Waals surface area contributed by atoms with Crippen molar-refractivity contribution >= 4 is 11.9 Å². The van der Waals surface area contributed by atoms with Crippen molar-refractivity contribution in [2.24, 2.45) is 5.41 Å². The summed E-state index contributed by atoms with van der Waals surface area (Å²) in [6, 6.07) is 2.72. The van der Waals surface area contributed by atoms with Crippen molar-refractivity contribution in [1.29, 1.82) is 0 Å². The van der Waals surface area contributed by atoms with Gasteiger partial charge < -0.3 is 10.1 Å². The molecule has 1 rings (SSSR count). The molecule has 0 bridgehead atoms. The maximum atomic E-state index is 12.1. The van der Waals surface area contributed by atoms with Gasteiger partial charge in [-0.15, -0.1) is 0 Å². The standard InChI is InChI=1S/C14H20N2O3/c1-9-6-7-10(8-15-9)12(17)16-11(13(18)19-5)14(2,3)4/h6-8,11H,1-5H3,(H,16,17)/t11-/m1/s1. The summed E-state index contributed by atoms with van der Waals surface area (Å²) in [4.78, 5) is 27.9. The number of aromatic nitrogens is 1. The van der Waals surface area contributed by atoms with Gasteiger partial charge in [0.15, 0.2) is 0 Å². The van der Waals surface area contributed by atoms with Gasteiger partial charge in [0, 0.05) is 11.9 Å². The highest BCUT2D eigenvalue weighted by atomic mass is 16.5. The Balaban J connectivity index is 2.88. The van der Waals surface area contributed by atoms with Crippen LogP contribution in [0.15, 0.2) is 18.3 Å². The van der Waals surface area contributed by atoms with Gasteiger partial charge in [-0.1, -0.05) is 20.8 Å². The van der Waals surface area contributed by atoms with Crippen molar-refractivity contribution in [2.45, 2.75) is 33.7 Å². The van der Waals surface area contributed by atoms with Gasteiger partial charge >= 0.3 is 5.97 Å². The lowest BCUT2D eigenvalue weighted by Crippen LogP contribution is -2.49. The number of ether oxygens (including phenoxy) is 1. The predicted octanol–water partition coefficient (Wildman–Crippen LogP) is 1.71. The Kier molecular flexibility index (Phi) is 4.64. The number of rotatable bonds is 3. The molecule has 1 atom stereocenters. The molecule has 1 amide bonds. The average Bonchev–Trinajstić information content (AvgIpc) is 2.34. The van der Waals surface area contributed by atoms with Crippen LogP contribution >= 0.6 is 0 Å². The molecular formula is C14H20N2O3. The van der Waals surface area contributed by atoms with Crippen LogP contribution in [0.4, 0.5) is 0 Å². The summed E-state index contributed by atoms with van der Waals surface area (Å²) >= 11 is 0. The van der Waals surface area contributed by atoms with Gasteiger partial charge in [-0.3, -0.25) is 9.78 Å². The smallest absolute Gasteiger partial charge is 0.328 e. The number of nitrogens with one attached hydrogen (secondary N) is 1. The van der Waals surface area contributed by atoms with E-state index in [0.717, 1.165) is 5.69 Å². The molecule has 0 aliphatic rings. The maximum Gasteiger partial charge on any atom is 0.328 e. The molecule has 5 nitrogen and oxygen atoms in total. The Morgan fingerprint density at radius 3 is 2.37 bits per heavy atom. The molecule has 0 aromatic carbocycles. The molecule has 0 fully saturated rings. The Morgan fingerprint density at radius 2 is 1.95 bits per heavy atom. The van der Waals surface area contributed by atoms with Gasteiger partial charge in [0.1, 0.15) is 6.04 Å². The lowest BCUT2D eigenvalue weighted by molar-refractivity contribution is -0.145. The van der Waals surface area contributed by atoms with Crippen LogP contribution in [0.3, 0.4) is 0 Å². The third kappa shape index (κ3) is 4.05. The summed E-state index contributed by atoms with van der Waals surface area (Å²) in [7, 11) is 1.31. The second-order valence-electron chi connectivity index (χ2n) is 5.48. The first-order chi connectivity index (χ1) is 8.75. The van der Waals surface area contributed by atoms with Crippen LogP contribution < -0.4 is 5.32 Å². The number of carbonyl (C=O) groups is 2. The lowest BCUT2D eigenvalue weighted by atomic mass is 9.86. The number of pyridine rings is 1. The van der Waals surface area contributed by atoms with E-state index in [4.69, 9.17) is 4.74 Å². The number of esters is 1. The first kappa shape index (κ1) is 15.1. The number of carbonyl (C=O) groups excluding carboxylic acids is 2. The average molecular weight is 264 g/mol. The lowest BCUT2D eigenvalue weighted by Gasteiger charge is -2.28. The Hall–Kier alpha value is -1.91. The van der Waals surface area contributed by atoms with Crippen molar-refractivity contribution in [1.82, 2.24) is 10.3 Å². The van der Waals surface area contributed by atoms with E-state index in [2.05, 4.69) is 10.3 Å². The second-order valence-corrected chi connectivity index (χ2v) is 5.48. The number of nitrogens with zero attached hydrogens (tertiary/aromatic N) is 1. The zero-order chi connectivity index (χ0) is 14.6. The van der Waals surface area contributed by atoms with Crippen molar-refractivity contribution in [3.8, 4) is 0 Å². The van der Waals surface area contributed by atoms with Crippen molar-refractivity contribution in [2.75, 3.05) is 7.11 Å². The molecule has 1 aromatic rings. The zero-order valence-electron chi connectivity index (χ0n) is 12.0. The van der Waals surface area contributed by atoms with E-state index in [1.807, 2.05) is 27.7 Å². The molecule has 0 radical (unpaired) electrons. The molecule has 1 heterocycles. The van der Waals surface area contributed by atoms with Gasteiger partial charge in [0.05, 0.1) is 12.7 Å². The molecule has 5 heteroatoms. The second kappa shape index (κ2) is 5.82. The van der Waals surface area contributed by atoms with E-state index in [1.165, 1.54) is 13.3 Å². The molecular weight excluding hydrogens is 244 g/mol. The van der Waals surface area contributed by atoms with Crippen LogP contribution in [0.2, 0.25) is 0 Å². The van der Waals surface area contributed by atoms with Gasteiger partial charge in [-0.05, 0) is 24.5 Å². The molecule has 1 N–H and O–H groups in total. The minimum absolute atomic E-state index is 0.335. The van der Waals surface area contributed by atoms with E-state index < -0.39 is 17.4 Å². The Bertz CT molecular complexity index is 461. The van der Waals surface area contributed by atoms with Crippen molar-refractivity contribution < 1.29 is 14.3 Å². The highest BCUT2D eigenvalue weighted by Gasteiger charge is 2.33. The number of hydrogen-bond donors (Lipinski definition) is 1. The summed E-state index contributed by atoms with van der Waals surface area (Å²) in [6.45, 7) is 7.43. The van der Waals surface area contributed by atoms with Crippen LogP contribution in [0.1, 0.15) is 36.8 Å². The summed E-state index contributed by atoms with van der Waals surface area (Å²) in [5.74, 6) is -0.793. The predicted molar refractivity (Wildman–Crippen MR) is 71.7 cm³/mol. The quantitative estimate of drug-likeness (QED) is 0.844. The van der Waals surface area contributed by atoms with Crippen LogP contribution in [-0.2, 0) is 9.53 Å². The first-order valence-corrected chi connectivity index (χ1v) is 6.07. The fraction of sp³-hybridized carbons (Fsp3) is 0.500. The minimum Gasteiger partial charge on any atom is -0.467 e. The minimum atomic E-state index is -0.702. The fourth-order valence-electron chi connectivity index (χ4n) is 1.56. The molecule has 104 valence electrons. The summed E-state index contributed by atoms with van der Waals surface area (Å²) in [5, 5.41) is 2.69. The number of amides is 1. The number of hydrogen-bond acceptors (Lipinski definition) is 4. The third-order valence-corrected chi connectivity index (χ3v) is 2.75. The monoisotopic (exact) mass is 264 g/mol. The van der Waals surface area contributed by atoms with E-state index >= 15 is 0 Å². The third-order valence-electron chi connectivity index (χ3n) is 2.75. The Morgan fingerprint density at radius 1 is 1.32 bits per heavy atom. The summed E-state index contributed by atoms with van der Waals surface area (Å²) in [5.41, 5.74) is 0.821. The van der Waals surface area contributed by atoms with E-state index in [0.29, 0.717) is 5.56 Å². The molecule has 1 aromatic heterocycles. The van der Waals surface area contributed by atoms with E-state index in [-0.39, 0.29) is 5.91 Å². The molecule has 0 unspecified atom stereocenters. The van der Waals surface area contributed by atoms with Crippen molar-refractivity contribution in [3.05, 3.63) is 29.6 Å². The van der Waals surface area contributed by atoms with E-state index in [1.54, 1.807) is 12.1 Å².